The number of hydrogen-bond acceptors (Lipinski definition) is 3. The zero-order valence-corrected chi connectivity index (χ0v) is 15.6. The van der Waals surface area contributed by atoms with Gasteiger partial charge in [-0.15, -0.1) is 0 Å². The molecule has 29 heavy (non-hydrogen) atoms. The van der Waals surface area contributed by atoms with Gasteiger partial charge < -0.3 is 15.5 Å². The van der Waals surface area contributed by atoms with Crippen molar-refractivity contribution < 1.29 is 30.1 Å². The van der Waals surface area contributed by atoms with Crippen LogP contribution in [0.3, 0.4) is 0 Å². The predicted molar refractivity (Wildman–Crippen MR) is 116 cm³/mol. The van der Waals surface area contributed by atoms with E-state index in [9.17, 15) is 15.0 Å². The molecule has 0 aliphatic carbocycles. The number of carboxylic acid groups (broad SMARTS) is 1. The minimum atomic E-state index is -3.52. The van der Waals surface area contributed by atoms with Gasteiger partial charge in [0, 0.05) is 14.7 Å². The number of aryl methyl sites for hydroxylation is 1. The van der Waals surface area contributed by atoms with E-state index in [0.717, 1.165) is 0 Å². The van der Waals surface area contributed by atoms with Gasteiger partial charge in [-0.05, 0) is 60.6 Å². The monoisotopic (exact) mass is 400 g/mol. The molecule has 150 valence electrons. The van der Waals surface area contributed by atoms with E-state index in [4.69, 9.17) is 15.1 Å². The first-order chi connectivity index (χ1) is 18.2. The molecule has 0 heterocycles. The SMILES string of the molecule is [2H]c1c([2H])c(C)c([2H])c([C@@]([2H])(O)C([2H])([2H])NC([2H])([2H])C([2H])([2H])Cc2cccc(-c3cccc(C(=O)O)c3)c2)c1[2H]. The first kappa shape index (κ1) is 10.7. The summed E-state index contributed by atoms with van der Waals surface area (Å²) >= 11 is 0. The molecule has 0 bridgehead atoms. The number of aromatic carboxylic acids is 1. The summed E-state index contributed by atoms with van der Waals surface area (Å²) in [6.45, 7) is -5.46. The van der Waals surface area contributed by atoms with Gasteiger partial charge >= 0.3 is 5.97 Å². The first-order valence-corrected chi connectivity index (χ1v) is 8.75. The molecule has 0 fully saturated rings. The lowest BCUT2D eigenvalue weighted by atomic mass is 9.99. The van der Waals surface area contributed by atoms with Crippen molar-refractivity contribution >= 4 is 5.97 Å². The smallest absolute Gasteiger partial charge is 0.335 e. The van der Waals surface area contributed by atoms with Crippen LogP contribution < -0.4 is 5.32 Å². The second-order valence-electron chi connectivity index (χ2n) is 6.16. The molecule has 3 aromatic carbocycles. The second kappa shape index (κ2) is 10.0. The summed E-state index contributed by atoms with van der Waals surface area (Å²) in [6.07, 6.45) is -6.95. The molecule has 3 N–H and O–H groups in total. The Morgan fingerprint density at radius 3 is 2.76 bits per heavy atom. The van der Waals surface area contributed by atoms with Crippen LogP contribution in [0.5, 0.6) is 0 Å². The van der Waals surface area contributed by atoms with Crippen molar-refractivity contribution in [1.29, 1.82) is 0 Å². The molecular weight excluding hydrogens is 362 g/mol. The molecule has 0 amide bonds. The molecule has 0 aliphatic rings. The van der Waals surface area contributed by atoms with Crippen molar-refractivity contribution in [3.8, 4) is 11.1 Å². The lowest BCUT2D eigenvalue weighted by Gasteiger charge is -2.13. The number of hydrogen-bond donors (Lipinski definition) is 3. The Morgan fingerprint density at radius 1 is 1.21 bits per heavy atom. The maximum absolute atomic E-state index is 11.3. The Bertz CT molecular complexity index is 1430. The maximum Gasteiger partial charge on any atom is 0.335 e. The van der Waals surface area contributed by atoms with Gasteiger partial charge in [-0.25, -0.2) is 4.79 Å². The van der Waals surface area contributed by atoms with Crippen molar-refractivity contribution in [2.75, 3.05) is 13.0 Å². The number of aliphatic hydroxyl groups is 1. The normalized spacial score (nSPS) is 20.0. The van der Waals surface area contributed by atoms with Crippen LogP contribution in [0, 0.1) is 6.92 Å². The van der Waals surface area contributed by atoms with Gasteiger partial charge in [0.25, 0.3) is 0 Å². The summed E-state index contributed by atoms with van der Waals surface area (Å²) in [5, 5.41) is 21.8. The second-order valence-corrected chi connectivity index (χ2v) is 6.16. The van der Waals surface area contributed by atoms with E-state index in [-0.39, 0.29) is 16.7 Å². The lowest BCUT2D eigenvalue weighted by Crippen LogP contribution is -2.22. The van der Waals surface area contributed by atoms with Gasteiger partial charge in [-0.2, -0.15) is 0 Å². The summed E-state index contributed by atoms with van der Waals surface area (Å²) in [5.41, 5.74) is 0.240. The van der Waals surface area contributed by atoms with Crippen LogP contribution in [0.2, 0.25) is 0 Å². The van der Waals surface area contributed by atoms with Gasteiger partial charge in [-0.1, -0.05) is 66.1 Å². The molecule has 4 heteroatoms. The average Bonchev–Trinajstić information content (AvgIpc) is 2.85. The van der Waals surface area contributed by atoms with E-state index in [0.29, 0.717) is 11.1 Å². The van der Waals surface area contributed by atoms with Crippen LogP contribution in [-0.4, -0.2) is 29.2 Å². The van der Waals surface area contributed by atoms with E-state index < -0.39 is 67.6 Å². The topological polar surface area (TPSA) is 69.6 Å². The van der Waals surface area contributed by atoms with Gasteiger partial charge in [-0.3, -0.25) is 0 Å². The molecular formula is C25H27NO3. The fourth-order valence-corrected chi connectivity index (χ4v) is 2.59. The summed E-state index contributed by atoms with van der Waals surface area (Å²) < 4.78 is 90.1. The van der Waals surface area contributed by atoms with E-state index in [1.165, 1.54) is 31.2 Å². The Labute approximate surface area is 187 Å². The summed E-state index contributed by atoms with van der Waals surface area (Å²) in [4.78, 5) is 11.3. The van der Waals surface area contributed by atoms with Crippen LogP contribution in [0.25, 0.3) is 11.1 Å². The summed E-state index contributed by atoms with van der Waals surface area (Å²) in [6, 6.07) is 9.37. The molecule has 3 aromatic rings. The van der Waals surface area contributed by atoms with Gasteiger partial charge in [0.2, 0.25) is 0 Å². The lowest BCUT2D eigenvalue weighted by molar-refractivity contribution is 0.0697. The zero-order valence-electron chi connectivity index (χ0n) is 26.6. The fraction of sp³-hybridized carbons (Fsp3) is 0.240. The highest BCUT2D eigenvalue weighted by atomic mass is 16.4. The molecule has 3 rings (SSSR count). The quantitative estimate of drug-likeness (QED) is 0.490. The van der Waals surface area contributed by atoms with Crippen molar-refractivity contribution in [2.24, 2.45) is 0 Å². The first-order valence-electron chi connectivity index (χ1n) is 14.3. The number of rotatable bonds is 9. The average molecular weight is 401 g/mol. The Hall–Kier alpha value is -2.95. The Balaban J connectivity index is 1.93. The molecule has 0 aromatic heterocycles. The zero-order chi connectivity index (χ0) is 30.4. The van der Waals surface area contributed by atoms with Crippen LogP contribution in [0.4, 0.5) is 0 Å². The molecule has 0 radical (unpaired) electrons. The molecule has 4 nitrogen and oxygen atoms in total. The summed E-state index contributed by atoms with van der Waals surface area (Å²) in [7, 11) is 0. The van der Waals surface area contributed by atoms with Crippen molar-refractivity contribution in [3.05, 3.63) is 95.0 Å². The fourth-order valence-electron chi connectivity index (χ4n) is 2.59. The van der Waals surface area contributed by atoms with E-state index >= 15 is 0 Å². The molecule has 0 spiro atoms. The van der Waals surface area contributed by atoms with Gasteiger partial charge in [0.1, 0.15) is 0 Å². The van der Waals surface area contributed by atoms with E-state index in [1.54, 1.807) is 29.6 Å². The van der Waals surface area contributed by atoms with E-state index in [1.807, 2.05) is 0 Å². The number of carboxylic acids is 1. The van der Waals surface area contributed by atoms with Gasteiger partial charge in [0.05, 0.1) is 18.5 Å². The van der Waals surface area contributed by atoms with Crippen molar-refractivity contribution in [1.82, 2.24) is 5.32 Å². The number of benzene rings is 3. The van der Waals surface area contributed by atoms with Crippen LogP contribution in [0.15, 0.2) is 72.7 Å². The number of carbonyl (C=O) groups is 1. The molecule has 0 unspecified atom stereocenters. The van der Waals surface area contributed by atoms with Crippen molar-refractivity contribution in [3.63, 3.8) is 0 Å². The molecule has 0 saturated carbocycles. The molecule has 0 aliphatic heterocycles. The van der Waals surface area contributed by atoms with Gasteiger partial charge in [0.15, 0.2) is 0 Å². The van der Waals surface area contributed by atoms with E-state index in [2.05, 4.69) is 0 Å². The van der Waals surface area contributed by atoms with Crippen LogP contribution >= 0.6 is 0 Å². The Kier molecular flexibility index (Phi) is 3.70. The van der Waals surface area contributed by atoms with Crippen LogP contribution in [0.1, 0.15) is 54.6 Å². The summed E-state index contributed by atoms with van der Waals surface area (Å²) in [5.74, 6) is -1.13. The predicted octanol–water partition coefficient (Wildman–Crippen LogP) is 4.62. The third-order valence-corrected chi connectivity index (χ3v) is 3.98. The highest BCUT2D eigenvalue weighted by Gasteiger charge is 2.07. The highest BCUT2D eigenvalue weighted by molar-refractivity contribution is 5.89. The number of nitrogens with one attached hydrogen (secondary N) is 1. The third-order valence-electron chi connectivity index (χ3n) is 3.98. The minimum absolute atomic E-state index is 0.0423. The largest absolute Gasteiger partial charge is 0.478 e. The maximum atomic E-state index is 11.3. The standard InChI is InChI=1S/C25H27NO3/c1-18-6-2-11-22(14-18)24(27)17-26-13-5-8-19-7-3-9-20(15-19)21-10-4-12-23(16-21)25(28)29/h2-4,6-7,9-12,14-16,24,26-27H,5,8,13,17H2,1H3,(H,28,29)/t24-/m0/s1/i2D,5D2,6D,11D,13D2,14D,17D2,24D. The van der Waals surface area contributed by atoms with Crippen molar-refractivity contribution in [2.45, 2.75) is 25.8 Å². The Morgan fingerprint density at radius 2 is 1.97 bits per heavy atom. The highest BCUT2D eigenvalue weighted by Crippen LogP contribution is 2.22. The van der Waals surface area contributed by atoms with Crippen LogP contribution in [-0.2, 0) is 6.42 Å². The third kappa shape index (κ3) is 6.01. The molecule has 0 saturated heterocycles. The minimum Gasteiger partial charge on any atom is -0.478 e. The molecule has 1 atom stereocenters.